The second kappa shape index (κ2) is 6.90. The third kappa shape index (κ3) is 3.17. The van der Waals surface area contributed by atoms with E-state index in [0.29, 0.717) is 12.2 Å². The molecule has 7 heteroatoms. The molecule has 1 aliphatic heterocycles. The van der Waals surface area contributed by atoms with Crippen LogP contribution in [0, 0.1) is 12.7 Å². The van der Waals surface area contributed by atoms with Crippen molar-refractivity contribution >= 4 is 10.0 Å². The molecule has 1 unspecified atom stereocenters. The normalized spacial score (nSPS) is 18.1. The van der Waals surface area contributed by atoms with Crippen molar-refractivity contribution in [1.29, 1.82) is 0 Å². The van der Waals surface area contributed by atoms with Crippen molar-refractivity contribution in [2.24, 2.45) is 0 Å². The van der Waals surface area contributed by atoms with Gasteiger partial charge in [0.2, 0.25) is 10.0 Å². The minimum absolute atomic E-state index is 0.209. The van der Waals surface area contributed by atoms with E-state index in [-0.39, 0.29) is 16.8 Å². The summed E-state index contributed by atoms with van der Waals surface area (Å²) in [5, 5.41) is 4.29. The third-order valence-corrected chi connectivity index (χ3v) is 7.02. The molecule has 1 atom stereocenters. The van der Waals surface area contributed by atoms with E-state index in [4.69, 9.17) is 0 Å². The van der Waals surface area contributed by atoms with Gasteiger partial charge in [0.25, 0.3) is 0 Å². The maximum absolute atomic E-state index is 13.3. The highest BCUT2D eigenvalue weighted by Crippen LogP contribution is 2.37. The number of hydrogen-bond acceptors (Lipinski definition) is 3. The van der Waals surface area contributed by atoms with Crippen LogP contribution in [0.25, 0.3) is 5.69 Å². The predicted molar refractivity (Wildman–Crippen MR) is 101 cm³/mol. The smallest absolute Gasteiger partial charge is 0.237 e. The Hall–Kier alpha value is -2.51. The Balaban J connectivity index is 1.71. The van der Waals surface area contributed by atoms with Crippen molar-refractivity contribution in [2.45, 2.75) is 30.7 Å². The van der Waals surface area contributed by atoms with Gasteiger partial charge in [0.15, 0.2) is 0 Å². The highest BCUT2D eigenvalue weighted by molar-refractivity contribution is 7.89. The van der Waals surface area contributed by atoms with Crippen LogP contribution in [-0.2, 0) is 10.0 Å². The van der Waals surface area contributed by atoms with Crippen LogP contribution in [0.2, 0.25) is 0 Å². The number of nitrogens with zero attached hydrogens (tertiary/aromatic N) is 3. The monoisotopic (exact) mass is 385 g/mol. The van der Waals surface area contributed by atoms with E-state index in [1.165, 1.54) is 22.6 Å². The van der Waals surface area contributed by atoms with Crippen molar-refractivity contribution in [3.8, 4) is 5.69 Å². The molecule has 1 fully saturated rings. The molecule has 140 valence electrons. The Morgan fingerprint density at radius 3 is 2.48 bits per heavy atom. The second-order valence-electron chi connectivity index (χ2n) is 6.67. The van der Waals surface area contributed by atoms with Gasteiger partial charge in [-0.15, -0.1) is 0 Å². The lowest BCUT2D eigenvalue weighted by atomic mass is 10.1. The number of rotatable bonds is 4. The van der Waals surface area contributed by atoms with Crippen molar-refractivity contribution in [3.63, 3.8) is 0 Å². The molecule has 1 saturated heterocycles. The average Bonchev–Trinajstić information content (AvgIpc) is 3.31. The molecule has 1 aliphatic rings. The van der Waals surface area contributed by atoms with Gasteiger partial charge in [-0.05, 0) is 49.6 Å². The summed E-state index contributed by atoms with van der Waals surface area (Å²) < 4.78 is 43.1. The van der Waals surface area contributed by atoms with Crippen molar-refractivity contribution in [2.75, 3.05) is 6.54 Å². The number of sulfonamides is 1. The van der Waals surface area contributed by atoms with Crippen LogP contribution in [0.4, 0.5) is 4.39 Å². The molecule has 3 aromatic rings. The number of aromatic nitrogens is 2. The number of para-hydroxylation sites is 1. The molecule has 1 aromatic heterocycles. The number of hydrogen-bond donors (Lipinski definition) is 0. The second-order valence-corrected chi connectivity index (χ2v) is 8.53. The first-order valence-corrected chi connectivity index (χ1v) is 10.3. The van der Waals surface area contributed by atoms with E-state index in [0.717, 1.165) is 24.1 Å². The van der Waals surface area contributed by atoms with Gasteiger partial charge < -0.3 is 0 Å². The van der Waals surface area contributed by atoms with Gasteiger partial charge in [-0.25, -0.2) is 17.5 Å². The van der Waals surface area contributed by atoms with Crippen LogP contribution >= 0.6 is 0 Å². The lowest BCUT2D eigenvalue weighted by Crippen LogP contribution is -2.31. The summed E-state index contributed by atoms with van der Waals surface area (Å²) in [4.78, 5) is 0.209. The van der Waals surface area contributed by atoms with Crippen LogP contribution in [0.1, 0.15) is 30.1 Å². The topological polar surface area (TPSA) is 55.2 Å². The summed E-state index contributed by atoms with van der Waals surface area (Å²) in [6.45, 7) is 2.20. The standard InChI is InChI=1S/C20H20FN3O2S/c1-15-20(14-22-24(15)18-6-3-2-4-7-18)27(25,26)23-13-5-8-19(23)16-9-11-17(21)12-10-16/h2-4,6-7,9-12,14,19H,5,8,13H2,1H3. The molecule has 2 heterocycles. The van der Waals surface area contributed by atoms with Crippen LogP contribution in [0.3, 0.4) is 0 Å². The molecule has 5 nitrogen and oxygen atoms in total. The number of halogens is 1. The first-order valence-electron chi connectivity index (χ1n) is 8.86. The lowest BCUT2D eigenvalue weighted by molar-refractivity contribution is 0.396. The van der Waals surface area contributed by atoms with E-state index < -0.39 is 10.0 Å². The highest BCUT2D eigenvalue weighted by atomic mass is 32.2. The highest BCUT2D eigenvalue weighted by Gasteiger charge is 2.38. The first kappa shape index (κ1) is 17.9. The summed E-state index contributed by atoms with van der Waals surface area (Å²) in [6, 6.07) is 15.2. The van der Waals surface area contributed by atoms with Crippen LogP contribution < -0.4 is 0 Å². The van der Waals surface area contributed by atoms with E-state index in [9.17, 15) is 12.8 Å². The molecule has 27 heavy (non-hydrogen) atoms. The van der Waals surface area contributed by atoms with Gasteiger partial charge in [0.1, 0.15) is 10.7 Å². The Morgan fingerprint density at radius 1 is 1.07 bits per heavy atom. The Bertz CT molecular complexity index is 1050. The maximum Gasteiger partial charge on any atom is 0.247 e. The molecule has 2 aromatic carbocycles. The minimum Gasteiger partial charge on any atom is -0.237 e. The van der Waals surface area contributed by atoms with Gasteiger partial charge >= 0.3 is 0 Å². The maximum atomic E-state index is 13.3. The Kier molecular flexibility index (Phi) is 4.57. The van der Waals surface area contributed by atoms with Gasteiger partial charge in [0, 0.05) is 6.54 Å². The summed E-state index contributed by atoms with van der Waals surface area (Å²) in [7, 11) is -3.71. The zero-order chi connectivity index (χ0) is 19.0. The van der Waals surface area contributed by atoms with Crippen molar-refractivity contribution in [3.05, 3.63) is 77.9 Å². The molecule has 4 rings (SSSR count). The quantitative estimate of drug-likeness (QED) is 0.686. The summed E-state index contributed by atoms with van der Waals surface area (Å²) in [5.41, 5.74) is 2.20. The van der Waals surface area contributed by atoms with E-state index in [2.05, 4.69) is 5.10 Å². The van der Waals surface area contributed by atoms with Gasteiger partial charge in [-0.2, -0.15) is 9.40 Å². The fraction of sp³-hybridized carbons (Fsp3) is 0.250. The molecular weight excluding hydrogens is 365 g/mol. The third-order valence-electron chi connectivity index (χ3n) is 5.01. The fourth-order valence-corrected chi connectivity index (χ4v) is 5.47. The average molecular weight is 385 g/mol. The lowest BCUT2D eigenvalue weighted by Gasteiger charge is -2.24. The van der Waals surface area contributed by atoms with E-state index in [1.54, 1.807) is 23.7 Å². The Morgan fingerprint density at radius 2 is 1.78 bits per heavy atom. The molecule has 0 saturated carbocycles. The minimum atomic E-state index is -3.71. The largest absolute Gasteiger partial charge is 0.247 e. The molecule has 0 spiro atoms. The van der Waals surface area contributed by atoms with Gasteiger partial charge in [0.05, 0.1) is 23.6 Å². The first-order chi connectivity index (χ1) is 13.0. The van der Waals surface area contributed by atoms with Crippen molar-refractivity contribution < 1.29 is 12.8 Å². The predicted octanol–water partition coefficient (Wildman–Crippen LogP) is 3.85. The van der Waals surface area contributed by atoms with Gasteiger partial charge in [-0.3, -0.25) is 0 Å². The fourth-order valence-electron chi connectivity index (χ4n) is 3.65. The van der Waals surface area contributed by atoms with Crippen LogP contribution in [-0.4, -0.2) is 29.0 Å². The van der Waals surface area contributed by atoms with E-state index >= 15 is 0 Å². The molecular formula is C20H20FN3O2S. The molecule has 0 aliphatic carbocycles. The zero-order valence-electron chi connectivity index (χ0n) is 14.9. The summed E-state index contributed by atoms with van der Waals surface area (Å²) in [6.07, 6.45) is 2.90. The van der Waals surface area contributed by atoms with Crippen LogP contribution in [0.15, 0.2) is 65.7 Å². The SMILES string of the molecule is Cc1c(S(=O)(=O)N2CCCC2c2ccc(F)cc2)cnn1-c1ccccc1. The number of benzene rings is 2. The van der Waals surface area contributed by atoms with Gasteiger partial charge in [-0.1, -0.05) is 30.3 Å². The van der Waals surface area contributed by atoms with Crippen LogP contribution in [0.5, 0.6) is 0 Å². The summed E-state index contributed by atoms with van der Waals surface area (Å²) >= 11 is 0. The van der Waals surface area contributed by atoms with Crippen molar-refractivity contribution in [1.82, 2.24) is 14.1 Å². The molecule has 0 N–H and O–H groups in total. The zero-order valence-corrected chi connectivity index (χ0v) is 15.7. The van der Waals surface area contributed by atoms with E-state index in [1.807, 2.05) is 30.3 Å². The molecule has 0 amide bonds. The molecule has 0 radical (unpaired) electrons. The Labute approximate surface area is 158 Å². The summed E-state index contributed by atoms with van der Waals surface area (Å²) in [5.74, 6) is -0.328. The molecule has 0 bridgehead atoms.